The van der Waals surface area contributed by atoms with E-state index in [4.69, 9.17) is 4.74 Å². The highest BCUT2D eigenvalue weighted by molar-refractivity contribution is 5.80. The molecule has 0 radical (unpaired) electrons. The van der Waals surface area contributed by atoms with Gasteiger partial charge in [0, 0.05) is 5.56 Å². The molecule has 3 aromatic rings. The van der Waals surface area contributed by atoms with E-state index >= 15 is 0 Å². The van der Waals surface area contributed by atoms with Crippen molar-refractivity contribution in [2.75, 3.05) is 0 Å². The number of rotatable bonds is 5. The average molecular weight is 356 g/mol. The number of hydrogen-bond donors (Lipinski definition) is 0. The standard InChI is InChI=1S/C21H15F3O2/c22-21(23,24)20-10-9-16(13-25)11-19(20)17-7-4-8-18(12-17)26-14-15-5-2-1-3-6-15/h1-13H,14H2. The Labute approximate surface area is 148 Å². The van der Waals surface area contributed by atoms with Crippen LogP contribution in [0.25, 0.3) is 11.1 Å². The van der Waals surface area contributed by atoms with Crippen molar-refractivity contribution in [3.8, 4) is 16.9 Å². The summed E-state index contributed by atoms with van der Waals surface area (Å²) in [6.45, 7) is 0.310. The fraction of sp³-hybridized carbons (Fsp3) is 0.0952. The largest absolute Gasteiger partial charge is 0.489 e. The maximum Gasteiger partial charge on any atom is 0.417 e. The molecule has 3 rings (SSSR count). The Morgan fingerprint density at radius 1 is 0.885 bits per heavy atom. The highest BCUT2D eigenvalue weighted by Crippen LogP contribution is 2.38. The van der Waals surface area contributed by atoms with Crippen LogP contribution in [0.2, 0.25) is 0 Å². The zero-order valence-corrected chi connectivity index (χ0v) is 13.7. The molecule has 0 N–H and O–H groups in total. The van der Waals surface area contributed by atoms with Gasteiger partial charge < -0.3 is 4.74 Å². The SMILES string of the molecule is O=Cc1ccc(C(F)(F)F)c(-c2cccc(OCc3ccccc3)c2)c1. The first kappa shape index (κ1) is 17.7. The molecule has 0 fully saturated rings. The molecule has 5 heteroatoms. The maximum absolute atomic E-state index is 13.3. The Morgan fingerprint density at radius 2 is 1.65 bits per heavy atom. The Balaban J connectivity index is 1.93. The van der Waals surface area contributed by atoms with Crippen LogP contribution < -0.4 is 4.74 Å². The number of halogens is 3. The third kappa shape index (κ3) is 4.11. The van der Waals surface area contributed by atoms with Gasteiger partial charge in [0.1, 0.15) is 18.6 Å². The minimum absolute atomic E-state index is 0.0488. The fourth-order valence-corrected chi connectivity index (χ4v) is 2.62. The lowest BCUT2D eigenvalue weighted by molar-refractivity contribution is -0.137. The molecule has 0 aliphatic carbocycles. The third-order valence-corrected chi connectivity index (χ3v) is 3.88. The monoisotopic (exact) mass is 356 g/mol. The molecule has 0 aromatic heterocycles. The van der Waals surface area contributed by atoms with Gasteiger partial charge in [-0.3, -0.25) is 4.79 Å². The lowest BCUT2D eigenvalue weighted by atomic mass is 9.97. The van der Waals surface area contributed by atoms with Crippen molar-refractivity contribution < 1.29 is 22.7 Å². The topological polar surface area (TPSA) is 26.3 Å². The summed E-state index contributed by atoms with van der Waals surface area (Å²) in [5, 5.41) is 0. The van der Waals surface area contributed by atoms with Gasteiger partial charge in [0.15, 0.2) is 0 Å². The van der Waals surface area contributed by atoms with Gasteiger partial charge in [-0.1, -0.05) is 48.5 Å². The van der Waals surface area contributed by atoms with Gasteiger partial charge in [0.05, 0.1) is 5.56 Å². The van der Waals surface area contributed by atoms with Crippen molar-refractivity contribution in [2.24, 2.45) is 0 Å². The highest BCUT2D eigenvalue weighted by Gasteiger charge is 2.33. The van der Waals surface area contributed by atoms with Crippen LogP contribution in [0.5, 0.6) is 5.75 Å². The summed E-state index contributed by atoms with van der Waals surface area (Å²) in [7, 11) is 0. The van der Waals surface area contributed by atoms with Crippen molar-refractivity contribution in [1.82, 2.24) is 0 Å². The molecule has 0 aliphatic rings. The van der Waals surface area contributed by atoms with Gasteiger partial charge in [-0.05, 0) is 41.0 Å². The predicted octanol–water partition coefficient (Wildman–Crippen LogP) is 5.76. The van der Waals surface area contributed by atoms with E-state index in [2.05, 4.69) is 0 Å². The Morgan fingerprint density at radius 3 is 2.35 bits per heavy atom. The van der Waals surface area contributed by atoms with Crippen LogP contribution in [0.15, 0.2) is 72.8 Å². The molecule has 26 heavy (non-hydrogen) atoms. The maximum atomic E-state index is 13.3. The summed E-state index contributed by atoms with van der Waals surface area (Å²) < 4.78 is 45.6. The van der Waals surface area contributed by atoms with Crippen molar-refractivity contribution in [2.45, 2.75) is 12.8 Å². The summed E-state index contributed by atoms with van der Waals surface area (Å²) in [6.07, 6.45) is -3.99. The van der Waals surface area contributed by atoms with Crippen LogP contribution in [0.4, 0.5) is 13.2 Å². The Kier molecular flexibility index (Phi) is 5.07. The molecule has 132 valence electrons. The van der Waals surface area contributed by atoms with Gasteiger partial charge in [-0.15, -0.1) is 0 Å². The number of benzene rings is 3. The van der Waals surface area contributed by atoms with E-state index in [0.717, 1.165) is 17.7 Å². The van der Waals surface area contributed by atoms with Gasteiger partial charge in [-0.2, -0.15) is 13.2 Å². The second kappa shape index (κ2) is 7.44. The van der Waals surface area contributed by atoms with Crippen LogP contribution in [0.3, 0.4) is 0 Å². The lowest BCUT2D eigenvalue weighted by Gasteiger charge is -2.14. The summed E-state index contributed by atoms with van der Waals surface area (Å²) >= 11 is 0. The third-order valence-electron chi connectivity index (χ3n) is 3.88. The van der Waals surface area contributed by atoms with Crippen molar-refractivity contribution in [3.63, 3.8) is 0 Å². The Hall–Kier alpha value is -3.08. The van der Waals surface area contributed by atoms with Crippen LogP contribution in [-0.4, -0.2) is 6.29 Å². The van der Waals surface area contributed by atoms with Gasteiger partial charge in [-0.25, -0.2) is 0 Å². The second-order valence-corrected chi connectivity index (χ2v) is 5.72. The van der Waals surface area contributed by atoms with E-state index < -0.39 is 11.7 Å². The van der Waals surface area contributed by atoms with E-state index in [1.54, 1.807) is 24.3 Å². The number of alkyl halides is 3. The molecule has 0 atom stereocenters. The minimum Gasteiger partial charge on any atom is -0.489 e. The molecular weight excluding hydrogens is 341 g/mol. The molecule has 0 unspecified atom stereocenters. The highest BCUT2D eigenvalue weighted by atomic mass is 19.4. The normalized spacial score (nSPS) is 11.2. The van der Waals surface area contributed by atoms with E-state index in [1.165, 1.54) is 6.07 Å². The predicted molar refractivity (Wildman–Crippen MR) is 93.0 cm³/mol. The van der Waals surface area contributed by atoms with Crippen LogP contribution in [0.1, 0.15) is 21.5 Å². The van der Waals surface area contributed by atoms with Crippen LogP contribution in [0, 0.1) is 0 Å². The number of aldehydes is 1. The molecular formula is C21H15F3O2. The summed E-state index contributed by atoms with van der Waals surface area (Å²) in [4.78, 5) is 11.0. The molecule has 2 nitrogen and oxygen atoms in total. The van der Waals surface area contributed by atoms with E-state index in [0.29, 0.717) is 24.2 Å². The number of hydrogen-bond acceptors (Lipinski definition) is 2. The number of ether oxygens (including phenoxy) is 1. The molecule has 0 spiro atoms. The smallest absolute Gasteiger partial charge is 0.417 e. The molecule has 3 aromatic carbocycles. The van der Waals surface area contributed by atoms with Crippen LogP contribution in [-0.2, 0) is 12.8 Å². The molecule has 0 bridgehead atoms. The van der Waals surface area contributed by atoms with E-state index in [1.807, 2.05) is 30.3 Å². The van der Waals surface area contributed by atoms with Gasteiger partial charge >= 0.3 is 6.18 Å². The second-order valence-electron chi connectivity index (χ2n) is 5.72. The fourth-order valence-electron chi connectivity index (χ4n) is 2.62. The first-order valence-electron chi connectivity index (χ1n) is 7.91. The average Bonchev–Trinajstić information content (AvgIpc) is 2.66. The number of carbonyl (C=O) groups excluding carboxylic acids is 1. The number of carbonyl (C=O) groups is 1. The lowest BCUT2D eigenvalue weighted by Crippen LogP contribution is -2.07. The van der Waals surface area contributed by atoms with Crippen molar-refractivity contribution in [3.05, 3.63) is 89.5 Å². The summed E-state index contributed by atoms with van der Waals surface area (Å²) in [5.41, 5.74) is 0.641. The van der Waals surface area contributed by atoms with Crippen molar-refractivity contribution >= 4 is 6.29 Å². The van der Waals surface area contributed by atoms with Gasteiger partial charge in [0.2, 0.25) is 0 Å². The Bertz CT molecular complexity index is 903. The van der Waals surface area contributed by atoms with Crippen molar-refractivity contribution in [1.29, 1.82) is 0 Å². The van der Waals surface area contributed by atoms with Crippen LogP contribution >= 0.6 is 0 Å². The zero-order valence-electron chi connectivity index (χ0n) is 13.7. The van der Waals surface area contributed by atoms with E-state index in [9.17, 15) is 18.0 Å². The molecule has 0 saturated heterocycles. The summed E-state index contributed by atoms with van der Waals surface area (Å²) in [5.74, 6) is 0.455. The molecule has 0 heterocycles. The first-order valence-corrected chi connectivity index (χ1v) is 7.91. The first-order chi connectivity index (χ1) is 12.5. The minimum atomic E-state index is -4.52. The molecule has 0 aliphatic heterocycles. The molecule has 0 saturated carbocycles. The zero-order chi connectivity index (χ0) is 18.6. The van der Waals surface area contributed by atoms with E-state index in [-0.39, 0.29) is 11.1 Å². The molecule has 0 amide bonds. The summed E-state index contributed by atoms with van der Waals surface area (Å²) in [6, 6.07) is 19.2. The quantitative estimate of drug-likeness (QED) is 0.543. The van der Waals surface area contributed by atoms with Gasteiger partial charge in [0.25, 0.3) is 0 Å².